The third kappa shape index (κ3) is 4.43. The highest BCUT2D eigenvalue weighted by Crippen LogP contribution is 2.43. The second kappa shape index (κ2) is 9.47. The van der Waals surface area contributed by atoms with Gasteiger partial charge in [-0.3, -0.25) is 14.5 Å². The van der Waals surface area contributed by atoms with E-state index in [0.717, 1.165) is 11.3 Å². The summed E-state index contributed by atoms with van der Waals surface area (Å²) in [5.41, 5.74) is 2.90. The monoisotopic (exact) mass is 494 g/mol. The molecule has 0 bridgehead atoms. The topological polar surface area (TPSA) is 99.9 Å². The number of nitriles is 1. The van der Waals surface area contributed by atoms with Crippen LogP contribution in [0.3, 0.4) is 0 Å². The third-order valence-electron chi connectivity index (χ3n) is 6.46. The lowest BCUT2D eigenvalue weighted by molar-refractivity contribution is -0.132. The first-order valence-electron chi connectivity index (χ1n) is 12.1. The van der Waals surface area contributed by atoms with Gasteiger partial charge >= 0.3 is 0 Å². The van der Waals surface area contributed by atoms with Crippen LogP contribution in [0.2, 0.25) is 0 Å². The zero-order valence-corrected chi connectivity index (χ0v) is 20.8. The van der Waals surface area contributed by atoms with Crippen LogP contribution in [0, 0.1) is 11.3 Å². The number of rotatable bonds is 5. The zero-order valence-electron chi connectivity index (χ0n) is 20.8. The van der Waals surface area contributed by atoms with Crippen LogP contribution >= 0.6 is 0 Å². The summed E-state index contributed by atoms with van der Waals surface area (Å²) in [6.07, 6.45) is 0.708. The molecule has 1 fully saturated rings. The van der Waals surface area contributed by atoms with E-state index >= 15 is 0 Å². The lowest BCUT2D eigenvalue weighted by Gasteiger charge is -2.25. The van der Waals surface area contributed by atoms with Gasteiger partial charge in [-0.1, -0.05) is 12.1 Å². The first-order chi connectivity index (χ1) is 17.8. The first-order valence-corrected chi connectivity index (χ1v) is 12.1. The largest absolute Gasteiger partial charge is 0.507 e. The summed E-state index contributed by atoms with van der Waals surface area (Å²) >= 11 is 0. The predicted octanol–water partition coefficient (Wildman–Crippen LogP) is 5.30. The van der Waals surface area contributed by atoms with E-state index in [1.165, 1.54) is 4.90 Å². The van der Waals surface area contributed by atoms with E-state index in [1.807, 2.05) is 20.8 Å². The van der Waals surface area contributed by atoms with E-state index in [9.17, 15) is 20.0 Å². The van der Waals surface area contributed by atoms with E-state index < -0.39 is 17.7 Å². The zero-order chi connectivity index (χ0) is 26.3. The number of amides is 1. The molecule has 0 aliphatic carbocycles. The summed E-state index contributed by atoms with van der Waals surface area (Å²) in [4.78, 5) is 28.1. The van der Waals surface area contributed by atoms with Crippen LogP contribution in [0.25, 0.3) is 5.76 Å². The van der Waals surface area contributed by atoms with Gasteiger partial charge in [0.2, 0.25) is 0 Å². The van der Waals surface area contributed by atoms with Crippen molar-refractivity contribution in [1.29, 1.82) is 5.26 Å². The molecule has 0 aromatic heterocycles. The highest BCUT2D eigenvalue weighted by atomic mass is 16.5. The Hall–Kier alpha value is -4.57. The number of anilines is 1. The summed E-state index contributed by atoms with van der Waals surface area (Å²) in [5.74, 6) is -0.373. The summed E-state index contributed by atoms with van der Waals surface area (Å²) in [5, 5.41) is 20.6. The molecule has 2 atom stereocenters. The van der Waals surface area contributed by atoms with Gasteiger partial charge in [-0.25, -0.2) is 0 Å². The van der Waals surface area contributed by atoms with Crippen molar-refractivity contribution in [1.82, 2.24) is 0 Å². The Balaban J connectivity index is 1.64. The van der Waals surface area contributed by atoms with Crippen molar-refractivity contribution in [2.75, 3.05) is 4.90 Å². The predicted molar refractivity (Wildman–Crippen MR) is 138 cm³/mol. The fourth-order valence-electron chi connectivity index (χ4n) is 4.84. The molecule has 7 nitrogen and oxygen atoms in total. The molecule has 2 aliphatic rings. The molecule has 2 aliphatic heterocycles. The highest BCUT2D eigenvalue weighted by Gasteiger charge is 2.47. The summed E-state index contributed by atoms with van der Waals surface area (Å²) < 4.78 is 11.5. The molecule has 3 aromatic carbocycles. The molecule has 37 heavy (non-hydrogen) atoms. The molecule has 7 heteroatoms. The van der Waals surface area contributed by atoms with Crippen LogP contribution in [-0.2, 0) is 16.0 Å². The quantitative estimate of drug-likeness (QED) is 0.294. The Morgan fingerprint density at radius 2 is 1.78 bits per heavy atom. The number of Topliss-reactive ketones (excluding diaryl/α,β-unsaturated/α-hetero) is 1. The van der Waals surface area contributed by atoms with Gasteiger partial charge in [0.15, 0.2) is 0 Å². The van der Waals surface area contributed by atoms with E-state index in [1.54, 1.807) is 66.7 Å². The summed E-state index contributed by atoms with van der Waals surface area (Å²) in [6.45, 7) is 5.82. The van der Waals surface area contributed by atoms with Crippen molar-refractivity contribution >= 4 is 23.1 Å². The maximum Gasteiger partial charge on any atom is 0.300 e. The number of carbonyl (C=O) groups excluding carboxylic acids is 2. The average molecular weight is 495 g/mol. The van der Waals surface area contributed by atoms with Gasteiger partial charge in [0.1, 0.15) is 23.4 Å². The van der Waals surface area contributed by atoms with Crippen LogP contribution in [-0.4, -0.2) is 29.0 Å². The average Bonchev–Trinajstić information content (AvgIpc) is 3.39. The van der Waals surface area contributed by atoms with Gasteiger partial charge in [0.05, 0.1) is 29.4 Å². The van der Waals surface area contributed by atoms with Crippen LogP contribution in [0.4, 0.5) is 5.69 Å². The van der Waals surface area contributed by atoms with Crippen LogP contribution in [0.1, 0.15) is 49.1 Å². The molecule has 3 aromatic rings. The van der Waals surface area contributed by atoms with E-state index in [0.29, 0.717) is 34.5 Å². The minimum absolute atomic E-state index is 0.00111. The smallest absolute Gasteiger partial charge is 0.300 e. The second-order valence-corrected chi connectivity index (χ2v) is 9.52. The lowest BCUT2D eigenvalue weighted by atomic mass is 9.94. The maximum absolute atomic E-state index is 13.4. The summed E-state index contributed by atoms with van der Waals surface area (Å²) in [7, 11) is 0. The molecule has 186 valence electrons. The molecule has 2 heterocycles. The molecule has 0 saturated carbocycles. The number of hydrogen-bond donors (Lipinski definition) is 1. The fourth-order valence-corrected chi connectivity index (χ4v) is 4.84. The van der Waals surface area contributed by atoms with Crippen LogP contribution in [0.15, 0.2) is 72.3 Å². The van der Waals surface area contributed by atoms with E-state index in [2.05, 4.69) is 6.07 Å². The van der Waals surface area contributed by atoms with E-state index in [-0.39, 0.29) is 23.5 Å². The molecule has 1 saturated heterocycles. The molecule has 0 radical (unpaired) electrons. The highest BCUT2D eigenvalue weighted by molar-refractivity contribution is 6.51. The van der Waals surface area contributed by atoms with Gasteiger partial charge in [-0.2, -0.15) is 5.26 Å². The van der Waals surface area contributed by atoms with Gasteiger partial charge in [-0.05, 0) is 86.5 Å². The van der Waals surface area contributed by atoms with Crippen molar-refractivity contribution in [3.63, 3.8) is 0 Å². The van der Waals surface area contributed by atoms with Crippen molar-refractivity contribution in [2.45, 2.75) is 45.4 Å². The first kappa shape index (κ1) is 24.1. The Kier molecular flexibility index (Phi) is 6.18. The number of aliphatic hydroxyl groups is 1. The normalized spacial score (nSPS) is 20.0. The number of ketones is 1. The van der Waals surface area contributed by atoms with Crippen LogP contribution in [0.5, 0.6) is 11.5 Å². The molecule has 0 spiro atoms. The Labute approximate surface area is 215 Å². The Morgan fingerprint density at radius 3 is 2.43 bits per heavy atom. The fraction of sp³-hybridized carbons (Fsp3) is 0.233. The van der Waals surface area contributed by atoms with Crippen molar-refractivity contribution in [3.8, 4) is 17.6 Å². The van der Waals surface area contributed by atoms with Gasteiger partial charge in [0, 0.05) is 17.7 Å². The van der Waals surface area contributed by atoms with Crippen molar-refractivity contribution in [3.05, 3.63) is 94.6 Å². The standard InChI is InChI=1S/C30H26N2O5/c1-17(2)36-24-11-6-20(7-12-24)27-26(28(33)21-8-13-25-22(15-21)14-18(3)37-25)29(34)30(35)32(27)23-9-4-19(16-31)5-10-23/h4-13,15,17-18,27,33H,14H2,1-3H3/b28-26-. The Bertz CT molecular complexity index is 1450. The molecule has 5 rings (SSSR count). The van der Waals surface area contributed by atoms with Crippen molar-refractivity contribution < 1.29 is 24.2 Å². The third-order valence-corrected chi connectivity index (χ3v) is 6.46. The van der Waals surface area contributed by atoms with E-state index in [4.69, 9.17) is 9.47 Å². The minimum atomic E-state index is -0.871. The lowest BCUT2D eigenvalue weighted by Crippen LogP contribution is -2.29. The second-order valence-electron chi connectivity index (χ2n) is 9.52. The minimum Gasteiger partial charge on any atom is -0.507 e. The number of benzene rings is 3. The number of fused-ring (bicyclic) bond motifs is 1. The molecular formula is C30H26N2O5. The number of hydrogen-bond acceptors (Lipinski definition) is 6. The molecular weight excluding hydrogens is 468 g/mol. The SMILES string of the molecule is CC(C)Oc1ccc(C2/C(=C(/O)c3ccc4c(c3)CC(C)O4)C(=O)C(=O)N2c2ccc(C#N)cc2)cc1. The molecule has 1 amide bonds. The van der Waals surface area contributed by atoms with Gasteiger partial charge in [0.25, 0.3) is 11.7 Å². The number of nitrogens with zero attached hydrogens (tertiary/aromatic N) is 2. The van der Waals surface area contributed by atoms with Crippen molar-refractivity contribution in [2.24, 2.45) is 0 Å². The number of ether oxygens (including phenoxy) is 2. The maximum atomic E-state index is 13.4. The molecule has 2 unspecified atom stereocenters. The van der Waals surface area contributed by atoms with Gasteiger partial charge < -0.3 is 14.6 Å². The van der Waals surface area contributed by atoms with Gasteiger partial charge in [-0.15, -0.1) is 0 Å². The Morgan fingerprint density at radius 1 is 1.08 bits per heavy atom. The van der Waals surface area contributed by atoms with Crippen LogP contribution < -0.4 is 14.4 Å². The molecule has 1 N–H and O–H groups in total. The number of carbonyl (C=O) groups is 2. The number of aliphatic hydroxyl groups excluding tert-OH is 1. The summed E-state index contributed by atoms with van der Waals surface area (Å²) in [6, 6.07) is 20.0.